The first-order chi connectivity index (χ1) is 7.67. The van der Waals surface area contributed by atoms with Gasteiger partial charge in [0, 0.05) is 11.7 Å². The lowest BCUT2D eigenvalue weighted by Crippen LogP contribution is -2.18. The third-order valence-corrected chi connectivity index (χ3v) is 2.95. The largest absolute Gasteiger partial charge is 0.382 e. The summed E-state index contributed by atoms with van der Waals surface area (Å²) in [5.74, 6) is -0.162. The molecule has 0 saturated heterocycles. The van der Waals surface area contributed by atoms with E-state index < -0.39 is 0 Å². The Hall–Kier alpha value is -1.05. The van der Waals surface area contributed by atoms with Crippen LogP contribution in [0.5, 0.6) is 0 Å². The van der Waals surface area contributed by atoms with E-state index in [-0.39, 0.29) is 5.82 Å². The maximum atomic E-state index is 12.9. The summed E-state index contributed by atoms with van der Waals surface area (Å²) < 4.78 is 12.9. The highest BCUT2D eigenvalue weighted by molar-refractivity contribution is 5.51. The maximum Gasteiger partial charge on any atom is 0.123 e. The molecular weight excluding hydrogens is 201 g/mol. The van der Waals surface area contributed by atoms with E-state index in [1.165, 1.54) is 25.3 Å². The Labute approximate surface area is 98.1 Å². The number of halogens is 1. The number of hydrogen-bond donors (Lipinski definition) is 1. The molecule has 2 heteroatoms. The van der Waals surface area contributed by atoms with Crippen LogP contribution >= 0.6 is 0 Å². The molecule has 90 valence electrons. The van der Waals surface area contributed by atoms with Gasteiger partial charge in [0.1, 0.15) is 5.82 Å². The molecule has 0 saturated carbocycles. The van der Waals surface area contributed by atoms with E-state index in [0.717, 1.165) is 17.7 Å². The number of benzene rings is 1. The molecule has 0 radical (unpaired) electrons. The monoisotopic (exact) mass is 223 g/mol. The molecule has 0 fully saturated rings. The van der Waals surface area contributed by atoms with Gasteiger partial charge in [-0.05, 0) is 43.5 Å². The van der Waals surface area contributed by atoms with Gasteiger partial charge in [0.2, 0.25) is 0 Å². The average Bonchev–Trinajstić information content (AvgIpc) is 2.27. The van der Waals surface area contributed by atoms with E-state index in [0.29, 0.717) is 6.04 Å². The Kier molecular flexibility index (Phi) is 5.30. The molecule has 1 unspecified atom stereocenters. The molecule has 0 aromatic heterocycles. The molecule has 0 aliphatic carbocycles. The van der Waals surface area contributed by atoms with Crippen molar-refractivity contribution in [1.82, 2.24) is 0 Å². The van der Waals surface area contributed by atoms with Gasteiger partial charge in [-0.15, -0.1) is 0 Å². The summed E-state index contributed by atoms with van der Waals surface area (Å²) in [6.07, 6.45) is 4.76. The van der Waals surface area contributed by atoms with Crippen LogP contribution in [0.1, 0.15) is 45.1 Å². The Morgan fingerprint density at radius 3 is 2.62 bits per heavy atom. The van der Waals surface area contributed by atoms with Crippen molar-refractivity contribution >= 4 is 5.69 Å². The van der Waals surface area contributed by atoms with Crippen LogP contribution in [-0.2, 0) is 0 Å². The summed E-state index contributed by atoms with van der Waals surface area (Å²) in [5, 5.41) is 3.49. The molecule has 0 amide bonds. The highest BCUT2D eigenvalue weighted by atomic mass is 19.1. The van der Waals surface area contributed by atoms with Crippen molar-refractivity contribution in [2.24, 2.45) is 0 Å². The fourth-order valence-corrected chi connectivity index (χ4v) is 1.84. The Morgan fingerprint density at radius 1 is 1.31 bits per heavy atom. The van der Waals surface area contributed by atoms with Gasteiger partial charge in [0.25, 0.3) is 0 Å². The molecule has 1 rings (SSSR count). The number of hydrogen-bond acceptors (Lipinski definition) is 1. The first-order valence-corrected chi connectivity index (χ1v) is 6.20. The normalized spacial score (nSPS) is 12.5. The summed E-state index contributed by atoms with van der Waals surface area (Å²) in [5.41, 5.74) is 2.04. The summed E-state index contributed by atoms with van der Waals surface area (Å²) >= 11 is 0. The van der Waals surface area contributed by atoms with Crippen molar-refractivity contribution in [3.63, 3.8) is 0 Å². The van der Waals surface area contributed by atoms with Crippen molar-refractivity contribution in [3.8, 4) is 0 Å². The molecule has 1 N–H and O–H groups in total. The Bertz CT molecular complexity index is 323. The van der Waals surface area contributed by atoms with Crippen LogP contribution in [0.15, 0.2) is 18.2 Å². The fraction of sp³-hybridized carbons (Fsp3) is 0.571. The van der Waals surface area contributed by atoms with Crippen molar-refractivity contribution in [2.45, 2.75) is 52.5 Å². The Morgan fingerprint density at radius 2 is 2.06 bits per heavy atom. The minimum absolute atomic E-state index is 0.162. The van der Waals surface area contributed by atoms with E-state index in [1.807, 2.05) is 13.0 Å². The topological polar surface area (TPSA) is 12.0 Å². The van der Waals surface area contributed by atoms with E-state index in [4.69, 9.17) is 0 Å². The second-order valence-corrected chi connectivity index (χ2v) is 4.35. The highest BCUT2D eigenvalue weighted by Crippen LogP contribution is 2.19. The number of anilines is 1. The molecule has 1 atom stereocenters. The van der Waals surface area contributed by atoms with Crippen molar-refractivity contribution in [1.29, 1.82) is 0 Å². The molecule has 0 aliphatic heterocycles. The van der Waals surface area contributed by atoms with Crippen LogP contribution in [-0.4, -0.2) is 6.04 Å². The first kappa shape index (κ1) is 13.0. The van der Waals surface area contributed by atoms with Crippen LogP contribution in [0.3, 0.4) is 0 Å². The van der Waals surface area contributed by atoms with Crippen molar-refractivity contribution < 1.29 is 4.39 Å². The van der Waals surface area contributed by atoms with Crippen LogP contribution in [0.4, 0.5) is 10.1 Å². The molecular formula is C14H22FN. The lowest BCUT2D eigenvalue weighted by atomic mass is 10.1. The van der Waals surface area contributed by atoms with E-state index in [1.54, 1.807) is 6.07 Å². The zero-order chi connectivity index (χ0) is 12.0. The minimum Gasteiger partial charge on any atom is -0.382 e. The number of nitrogens with one attached hydrogen (secondary N) is 1. The maximum absolute atomic E-state index is 12.9. The number of unbranched alkanes of at least 4 members (excludes halogenated alkanes) is 1. The SMILES string of the molecule is CCCCC(CC)Nc1ccc(F)cc1C. The molecule has 1 aromatic carbocycles. The van der Waals surface area contributed by atoms with Gasteiger partial charge in [0.15, 0.2) is 0 Å². The van der Waals surface area contributed by atoms with Gasteiger partial charge in [-0.25, -0.2) is 4.39 Å². The van der Waals surface area contributed by atoms with Gasteiger partial charge >= 0.3 is 0 Å². The first-order valence-electron chi connectivity index (χ1n) is 6.20. The van der Waals surface area contributed by atoms with E-state index in [2.05, 4.69) is 19.2 Å². The molecule has 0 aliphatic rings. The highest BCUT2D eigenvalue weighted by Gasteiger charge is 2.07. The van der Waals surface area contributed by atoms with E-state index in [9.17, 15) is 4.39 Å². The minimum atomic E-state index is -0.162. The number of rotatable bonds is 6. The zero-order valence-corrected chi connectivity index (χ0v) is 10.5. The van der Waals surface area contributed by atoms with Gasteiger partial charge in [0.05, 0.1) is 0 Å². The van der Waals surface area contributed by atoms with Gasteiger partial charge in [-0.1, -0.05) is 26.7 Å². The quantitative estimate of drug-likeness (QED) is 0.748. The van der Waals surface area contributed by atoms with Crippen LogP contribution in [0.2, 0.25) is 0 Å². The van der Waals surface area contributed by atoms with E-state index >= 15 is 0 Å². The second kappa shape index (κ2) is 6.51. The fourth-order valence-electron chi connectivity index (χ4n) is 1.84. The lowest BCUT2D eigenvalue weighted by molar-refractivity contribution is 0.592. The molecule has 1 aromatic rings. The molecule has 0 spiro atoms. The predicted molar refractivity (Wildman–Crippen MR) is 68.4 cm³/mol. The van der Waals surface area contributed by atoms with Gasteiger partial charge < -0.3 is 5.32 Å². The summed E-state index contributed by atoms with van der Waals surface area (Å²) in [6, 6.07) is 5.43. The second-order valence-electron chi connectivity index (χ2n) is 4.35. The van der Waals surface area contributed by atoms with Crippen LogP contribution < -0.4 is 5.32 Å². The predicted octanol–water partition coefficient (Wildman–Crippen LogP) is 4.51. The standard InChI is InChI=1S/C14H22FN/c1-4-6-7-13(5-2)16-14-9-8-12(15)10-11(14)3/h8-10,13,16H,4-7H2,1-3H3. The third kappa shape index (κ3) is 3.84. The molecule has 16 heavy (non-hydrogen) atoms. The smallest absolute Gasteiger partial charge is 0.123 e. The molecule has 1 nitrogen and oxygen atoms in total. The van der Waals surface area contributed by atoms with Gasteiger partial charge in [-0.3, -0.25) is 0 Å². The van der Waals surface area contributed by atoms with Crippen molar-refractivity contribution in [3.05, 3.63) is 29.6 Å². The van der Waals surface area contributed by atoms with Crippen molar-refractivity contribution in [2.75, 3.05) is 5.32 Å². The lowest BCUT2D eigenvalue weighted by Gasteiger charge is -2.19. The molecule has 0 heterocycles. The zero-order valence-electron chi connectivity index (χ0n) is 10.5. The van der Waals surface area contributed by atoms with Crippen LogP contribution in [0.25, 0.3) is 0 Å². The van der Waals surface area contributed by atoms with Gasteiger partial charge in [-0.2, -0.15) is 0 Å². The Balaban J connectivity index is 2.62. The summed E-state index contributed by atoms with van der Waals surface area (Å²) in [6.45, 7) is 6.33. The summed E-state index contributed by atoms with van der Waals surface area (Å²) in [7, 11) is 0. The number of aryl methyl sites for hydroxylation is 1. The average molecular weight is 223 g/mol. The molecule has 0 bridgehead atoms. The van der Waals surface area contributed by atoms with Crippen LogP contribution in [0, 0.1) is 12.7 Å². The third-order valence-electron chi connectivity index (χ3n) is 2.95. The summed E-state index contributed by atoms with van der Waals surface area (Å²) in [4.78, 5) is 0.